The molecule has 0 fully saturated rings. The molecule has 1 aliphatic rings. The third kappa shape index (κ3) is 3.31. The number of amides is 3. The van der Waals surface area contributed by atoms with Crippen LogP contribution in [-0.4, -0.2) is 33.6 Å². The molecule has 3 amide bonds. The van der Waals surface area contributed by atoms with Crippen molar-refractivity contribution in [2.75, 3.05) is 5.32 Å². The van der Waals surface area contributed by atoms with Gasteiger partial charge in [-0.15, -0.1) is 0 Å². The van der Waals surface area contributed by atoms with Crippen molar-refractivity contribution < 1.29 is 14.4 Å². The Morgan fingerprint density at radius 2 is 1.69 bits per heavy atom. The summed E-state index contributed by atoms with van der Waals surface area (Å²) < 4.78 is 0.973. The molecule has 2 heterocycles. The Kier molecular flexibility index (Phi) is 4.50. The first kappa shape index (κ1) is 19.3. The van der Waals surface area contributed by atoms with Crippen molar-refractivity contribution in [2.45, 2.75) is 39.2 Å². The van der Waals surface area contributed by atoms with Gasteiger partial charge in [0.25, 0.3) is 11.8 Å². The van der Waals surface area contributed by atoms with Crippen LogP contribution < -0.4 is 5.32 Å². The van der Waals surface area contributed by atoms with Crippen LogP contribution in [0.3, 0.4) is 0 Å². The van der Waals surface area contributed by atoms with E-state index in [1.807, 2.05) is 12.1 Å². The number of rotatable bonds is 3. The maximum atomic E-state index is 12.8. The number of benzene rings is 2. The summed E-state index contributed by atoms with van der Waals surface area (Å²) in [5.74, 6) is -1.35. The molecule has 2 aromatic carbocycles. The molecule has 0 aliphatic carbocycles. The van der Waals surface area contributed by atoms with Gasteiger partial charge in [0.05, 0.1) is 21.3 Å². The fourth-order valence-electron chi connectivity index (χ4n) is 3.33. The van der Waals surface area contributed by atoms with Crippen LogP contribution >= 0.6 is 11.3 Å². The van der Waals surface area contributed by atoms with Gasteiger partial charge in [-0.1, -0.05) is 50.3 Å². The maximum Gasteiger partial charge on any atom is 0.262 e. The number of thiazole rings is 1. The standard InChI is InChI=1S/C22H21N3O3S/c1-12(25-19(27)14-7-5-6-8-15(14)20(25)28)18(26)24-21-23-16-10-9-13(22(2,3)4)11-17(16)29-21/h5-12H,1-4H3,(H,23,24,26). The van der Waals surface area contributed by atoms with Crippen LogP contribution in [0.2, 0.25) is 0 Å². The van der Waals surface area contributed by atoms with Gasteiger partial charge < -0.3 is 5.32 Å². The summed E-state index contributed by atoms with van der Waals surface area (Å²) in [7, 11) is 0. The quantitative estimate of drug-likeness (QED) is 0.660. The molecular weight excluding hydrogens is 386 g/mol. The molecule has 29 heavy (non-hydrogen) atoms. The lowest BCUT2D eigenvalue weighted by molar-refractivity contribution is -0.119. The maximum absolute atomic E-state index is 12.8. The van der Waals surface area contributed by atoms with Gasteiger partial charge in [0.2, 0.25) is 5.91 Å². The molecule has 7 heteroatoms. The number of fused-ring (bicyclic) bond motifs is 2. The van der Waals surface area contributed by atoms with Gasteiger partial charge in [-0.2, -0.15) is 0 Å². The topological polar surface area (TPSA) is 79.4 Å². The van der Waals surface area contributed by atoms with Gasteiger partial charge in [-0.3, -0.25) is 19.3 Å². The van der Waals surface area contributed by atoms with E-state index in [4.69, 9.17) is 0 Å². The Hall–Kier alpha value is -3.06. The second-order valence-electron chi connectivity index (χ2n) is 8.14. The van der Waals surface area contributed by atoms with Crippen LogP contribution in [-0.2, 0) is 10.2 Å². The normalized spacial score (nSPS) is 15.0. The van der Waals surface area contributed by atoms with Crippen molar-refractivity contribution in [1.82, 2.24) is 9.88 Å². The summed E-state index contributed by atoms with van der Waals surface area (Å²) in [6, 6.07) is 11.7. The molecule has 1 N–H and O–H groups in total. The average molecular weight is 407 g/mol. The van der Waals surface area contributed by atoms with Gasteiger partial charge >= 0.3 is 0 Å². The monoisotopic (exact) mass is 407 g/mol. The highest BCUT2D eigenvalue weighted by Gasteiger charge is 2.40. The molecule has 1 aliphatic heterocycles. The van der Waals surface area contributed by atoms with E-state index in [0.29, 0.717) is 16.3 Å². The SMILES string of the molecule is CC(C(=O)Nc1nc2ccc(C(C)(C)C)cc2s1)N1C(=O)c2ccccc2C1=O. The number of imide groups is 1. The Bertz CT molecular complexity index is 1120. The van der Waals surface area contributed by atoms with Gasteiger partial charge in [0.15, 0.2) is 5.13 Å². The molecule has 0 saturated carbocycles. The predicted molar refractivity (Wildman–Crippen MR) is 113 cm³/mol. The number of aromatic nitrogens is 1. The van der Waals surface area contributed by atoms with E-state index in [-0.39, 0.29) is 5.41 Å². The van der Waals surface area contributed by atoms with E-state index >= 15 is 0 Å². The molecule has 148 valence electrons. The van der Waals surface area contributed by atoms with Crippen molar-refractivity contribution in [3.8, 4) is 0 Å². The summed E-state index contributed by atoms with van der Waals surface area (Å²) in [5, 5.41) is 3.20. The fraction of sp³-hybridized carbons (Fsp3) is 0.273. The summed E-state index contributed by atoms with van der Waals surface area (Å²) in [5.41, 5.74) is 2.65. The van der Waals surface area contributed by atoms with E-state index in [1.54, 1.807) is 31.2 Å². The Labute approximate surface area is 172 Å². The van der Waals surface area contributed by atoms with Gasteiger partial charge in [-0.05, 0) is 42.2 Å². The smallest absolute Gasteiger partial charge is 0.262 e. The van der Waals surface area contributed by atoms with Crippen molar-refractivity contribution >= 4 is 44.4 Å². The number of nitrogens with zero attached hydrogens (tertiary/aromatic N) is 2. The first-order valence-corrected chi connectivity index (χ1v) is 10.2. The second-order valence-corrected chi connectivity index (χ2v) is 9.17. The second kappa shape index (κ2) is 6.77. The van der Waals surface area contributed by atoms with Crippen LogP contribution in [0, 0.1) is 0 Å². The van der Waals surface area contributed by atoms with Crippen molar-refractivity contribution in [1.29, 1.82) is 0 Å². The minimum atomic E-state index is -0.945. The van der Waals surface area contributed by atoms with Crippen molar-refractivity contribution in [3.63, 3.8) is 0 Å². The Balaban J connectivity index is 1.55. The molecule has 1 aromatic heterocycles. The van der Waals surface area contributed by atoms with Crippen molar-refractivity contribution in [3.05, 3.63) is 59.2 Å². The van der Waals surface area contributed by atoms with E-state index in [9.17, 15) is 14.4 Å². The number of hydrogen-bond acceptors (Lipinski definition) is 5. The molecule has 0 bridgehead atoms. The number of hydrogen-bond donors (Lipinski definition) is 1. The van der Waals surface area contributed by atoms with E-state index in [0.717, 1.165) is 15.1 Å². The largest absolute Gasteiger partial charge is 0.300 e. The molecule has 0 saturated heterocycles. The zero-order chi connectivity index (χ0) is 20.9. The molecule has 1 atom stereocenters. The fourth-order valence-corrected chi connectivity index (χ4v) is 4.24. The molecule has 3 aromatic rings. The minimum absolute atomic E-state index is 0.0155. The van der Waals surface area contributed by atoms with Gasteiger partial charge in [-0.25, -0.2) is 4.98 Å². The summed E-state index contributed by atoms with van der Waals surface area (Å²) in [4.78, 5) is 43.4. The highest BCUT2D eigenvalue weighted by molar-refractivity contribution is 7.22. The Morgan fingerprint density at radius 1 is 1.07 bits per heavy atom. The number of carbonyl (C=O) groups excluding carboxylic acids is 3. The number of carbonyl (C=O) groups is 3. The van der Waals surface area contributed by atoms with Crippen LogP contribution in [0.15, 0.2) is 42.5 Å². The highest BCUT2D eigenvalue weighted by Crippen LogP contribution is 2.31. The van der Waals surface area contributed by atoms with Crippen LogP contribution in [0.4, 0.5) is 5.13 Å². The molecule has 0 radical (unpaired) electrons. The zero-order valence-corrected chi connectivity index (χ0v) is 17.5. The third-order valence-corrected chi connectivity index (χ3v) is 6.01. The third-order valence-electron chi connectivity index (χ3n) is 5.08. The lowest BCUT2D eigenvalue weighted by atomic mass is 9.87. The van der Waals surface area contributed by atoms with E-state index in [1.165, 1.54) is 16.9 Å². The molecular formula is C22H21N3O3S. The molecule has 1 unspecified atom stereocenters. The predicted octanol–water partition coefficient (Wildman–Crippen LogP) is 4.22. The summed E-state index contributed by atoms with van der Waals surface area (Å²) in [6.45, 7) is 7.97. The first-order valence-electron chi connectivity index (χ1n) is 9.35. The zero-order valence-electron chi connectivity index (χ0n) is 16.6. The van der Waals surface area contributed by atoms with E-state index in [2.05, 4.69) is 37.1 Å². The van der Waals surface area contributed by atoms with Crippen LogP contribution in [0.5, 0.6) is 0 Å². The Morgan fingerprint density at radius 3 is 2.28 bits per heavy atom. The van der Waals surface area contributed by atoms with Gasteiger partial charge in [0.1, 0.15) is 6.04 Å². The molecule has 4 rings (SSSR count). The van der Waals surface area contributed by atoms with E-state index < -0.39 is 23.8 Å². The average Bonchev–Trinajstić information content (AvgIpc) is 3.18. The van der Waals surface area contributed by atoms with Gasteiger partial charge in [0, 0.05) is 0 Å². The summed E-state index contributed by atoms with van der Waals surface area (Å²) in [6.07, 6.45) is 0. The van der Waals surface area contributed by atoms with Crippen LogP contribution in [0.1, 0.15) is 54.0 Å². The number of nitrogens with one attached hydrogen (secondary N) is 1. The minimum Gasteiger partial charge on any atom is -0.300 e. The number of anilines is 1. The molecule has 0 spiro atoms. The summed E-state index contributed by atoms with van der Waals surface area (Å²) >= 11 is 1.37. The van der Waals surface area contributed by atoms with Crippen LogP contribution in [0.25, 0.3) is 10.2 Å². The highest BCUT2D eigenvalue weighted by atomic mass is 32.1. The van der Waals surface area contributed by atoms with Crippen molar-refractivity contribution in [2.24, 2.45) is 0 Å². The first-order chi connectivity index (χ1) is 13.7. The molecule has 6 nitrogen and oxygen atoms in total. The lowest BCUT2D eigenvalue weighted by Gasteiger charge is -2.21. The lowest BCUT2D eigenvalue weighted by Crippen LogP contribution is -2.45.